The number of imidazole rings is 1. The van der Waals surface area contributed by atoms with Crippen LogP contribution in [0.3, 0.4) is 0 Å². The number of aromatic hydroxyl groups is 1. The first kappa shape index (κ1) is 34.1. The van der Waals surface area contributed by atoms with E-state index < -0.39 is 66.4 Å². The maximum atomic E-state index is 13.3. The van der Waals surface area contributed by atoms with Crippen molar-refractivity contribution in [1.29, 1.82) is 0 Å². The highest BCUT2D eigenvalue weighted by molar-refractivity contribution is 7.98. The number of aliphatic carboxylic acids is 1. The van der Waals surface area contributed by atoms with Crippen LogP contribution in [0.25, 0.3) is 0 Å². The number of aliphatic hydroxyl groups excluding tert-OH is 1. The molecule has 0 saturated carbocycles. The van der Waals surface area contributed by atoms with Crippen LogP contribution in [0.5, 0.6) is 5.75 Å². The number of thioether (sulfide) groups is 1. The summed E-state index contributed by atoms with van der Waals surface area (Å²) in [7, 11) is 0. The Morgan fingerprint density at radius 1 is 0.929 bits per heavy atom. The van der Waals surface area contributed by atoms with Crippen molar-refractivity contribution in [3.05, 3.63) is 48.0 Å². The molecule has 16 heteroatoms. The van der Waals surface area contributed by atoms with Crippen molar-refractivity contribution in [2.45, 2.75) is 56.4 Å². The quantitative estimate of drug-likeness (QED) is 0.0953. The van der Waals surface area contributed by atoms with Crippen LogP contribution in [0.4, 0.5) is 0 Å². The number of aliphatic hydroxyl groups is 1. The number of carbonyl (C=O) groups excluding carboxylic acids is 4. The van der Waals surface area contributed by atoms with Crippen LogP contribution in [0.1, 0.15) is 24.6 Å². The third-order valence-electron chi connectivity index (χ3n) is 6.13. The van der Waals surface area contributed by atoms with E-state index in [0.29, 0.717) is 17.0 Å². The number of carboxylic acids is 1. The summed E-state index contributed by atoms with van der Waals surface area (Å²) in [4.78, 5) is 69.7. The Balaban J connectivity index is 2.12. The molecule has 5 atom stereocenters. The Labute approximate surface area is 246 Å². The molecule has 2 rings (SSSR count). The lowest BCUT2D eigenvalue weighted by Gasteiger charge is -2.25. The van der Waals surface area contributed by atoms with E-state index in [-0.39, 0.29) is 25.0 Å². The molecular weight excluding hydrogens is 570 g/mol. The Morgan fingerprint density at radius 3 is 2.12 bits per heavy atom. The number of amides is 4. The van der Waals surface area contributed by atoms with Crippen LogP contribution in [0.15, 0.2) is 36.8 Å². The van der Waals surface area contributed by atoms with Gasteiger partial charge in [-0.15, -0.1) is 0 Å². The number of nitrogens with two attached hydrogens (primary N) is 1. The molecule has 0 aliphatic heterocycles. The number of phenolic OH excluding ortho intramolecular Hbond substituents is 1. The molecule has 0 fully saturated rings. The molecule has 2 aromatic rings. The summed E-state index contributed by atoms with van der Waals surface area (Å²) in [6.45, 7) is 0.546. The number of rotatable bonds is 17. The monoisotopic (exact) mass is 607 g/mol. The zero-order valence-corrected chi connectivity index (χ0v) is 24.0. The normalized spacial score (nSPS) is 14.5. The highest BCUT2D eigenvalue weighted by Crippen LogP contribution is 2.12. The van der Waals surface area contributed by atoms with E-state index in [4.69, 9.17) is 10.8 Å². The topological polar surface area (TPSA) is 249 Å². The number of carbonyl (C=O) groups is 5. The Morgan fingerprint density at radius 2 is 1.55 bits per heavy atom. The maximum absolute atomic E-state index is 13.3. The molecule has 1 heterocycles. The fraction of sp³-hybridized carbons (Fsp3) is 0.462. The van der Waals surface area contributed by atoms with Crippen molar-refractivity contribution in [3.8, 4) is 5.75 Å². The van der Waals surface area contributed by atoms with Gasteiger partial charge in [0.1, 0.15) is 29.9 Å². The molecule has 1 aromatic heterocycles. The van der Waals surface area contributed by atoms with Crippen LogP contribution in [-0.2, 0) is 36.8 Å². The summed E-state index contributed by atoms with van der Waals surface area (Å²) < 4.78 is 0. The minimum Gasteiger partial charge on any atom is -0.508 e. The second-order valence-electron chi connectivity index (χ2n) is 9.47. The zero-order chi connectivity index (χ0) is 31.2. The third-order valence-corrected chi connectivity index (χ3v) is 6.78. The Kier molecular flexibility index (Phi) is 13.7. The first-order valence-electron chi connectivity index (χ1n) is 13.0. The van der Waals surface area contributed by atoms with E-state index in [1.165, 1.54) is 43.3 Å². The molecule has 0 unspecified atom stereocenters. The van der Waals surface area contributed by atoms with E-state index in [1.807, 2.05) is 0 Å². The number of nitrogens with zero attached hydrogens (tertiary/aromatic N) is 1. The molecule has 230 valence electrons. The molecule has 1 aromatic carbocycles. The van der Waals surface area contributed by atoms with Gasteiger partial charge in [-0.2, -0.15) is 11.8 Å². The van der Waals surface area contributed by atoms with Gasteiger partial charge in [0, 0.05) is 24.7 Å². The third kappa shape index (κ3) is 11.0. The molecule has 10 N–H and O–H groups in total. The van der Waals surface area contributed by atoms with Crippen molar-refractivity contribution in [3.63, 3.8) is 0 Å². The van der Waals surface area contributed by atoms with Crippen LogP contribution in [0.2, 0.25) is 0 Å². The molecule has 0 bridgehead atoms. The lowest BCUT2D eigenvalue weighted by molar-refractivity contribution is -0.143. The largest absolute Gasteiger partial charge is 0.508 e. The van der Waals surface area contributed by atoms with Gasteiger partial charge in [0.25, 0.3) is 0 Å². The van der Waals surface area contributed by atoms with Gasteiger partial charge in [0.05, 0.1) is 19.0 Å². The zero-order valence-electron chi connectivity index (χ0n) is 23.2. The van der Waals surface area contributed by atoms with E-state index in [1.54, 1.807) is 18.4 Å². The van der Waals surface area contributed by atoms with Crippen LogP contribution < -0.4 is 27.0 Å². The van der Waals surface area contributed by atoms with Crippen LogP contribution >= 0.6 is 11.8 Å². The van der Waals surface area contributed by atoms with E-state index in [0.717, 1.165) is 0 Å². The van der Waals surface area contributed by atoms with Gasteiger partial charge in [-0.25, -0.2) is 9.78 Å². The van der Waals surface area contributed by atoms with Gasteiger partial charge < -0.3 is 47.3 Å². The lowest BCUT2D eigenvalue weighted by atomic mass is 10.0. The molecule has 15 nitrogen and oxygen atoms in total. The van der Waals surface area contributed by atoms with Crippen molar-refractivity contribution in [2.75, 3.05) is 18.6 Å². The number of phenols is 1. The van der Waals surface area contributed by atoms with Crippen molar-refractivity contribution in [2.24, 2.45) is 5.73 Å². The predicted molar refractivity (Wildman–Crippen MR) is 153 cm³/mol. The van der Waals surface area contributed by atoms with Crippen molar-refractivity contribution < 1.29 is 39.3 Å². The number of carboxylic acid groups (broad SMARTS) is 1. The van der Waals surface area contributed by atoms with Gasteiger partial charge in [0.2, 0.25) is 23.6 Å². The summed E-state index contributed by atoms with van der Waals surface area (Å²) in [5.74, 6) is -3.82. The van der Waals surface area contributed by atoms with Crippen LogP contribution in [0, 0.1) is 0 Å². The number of nitrogens with one attached hydrogen (secondary N) is 5. The number of aromatic nitrogens is 2. The molecular formula is C26H37N7O8S. The minimum absolute atomic E-state index is 0.0134. The summed E-state index contributed by atoms with van der Waals surface area (Å²) in [6, 6.07) is 0.00974. The summed E-state index contributed by atoms with van der Waals surface area (Å²) >= 11 is 1.40. The molecule has 0 aliphatic rings. The smallest absolute Gasteiger partial charge is 0.328 e. The van der Waals surface area contributed by atoms with Crippen LogP contribution in [-0.4, -0.2) is 104 Å². The van der Waals surface area contributed by atoms with Crippen molar-refractivity contribution in [1.82, 2.24) is 31.2 Å². The predicted octanol–water partition coefficient (Wildman–Crippen LogP) is -1.98. The number of aromatic amines is 1. The van der Waals surface area contributed by atoms with Gasteiger partial charge in [-0.3, -0.25) is 19.2 Å². The molecule has 0 aliphatic carbocycles. The first-order chi connectivity index (χ1) is 19.9. The summed E-state index contributed by atoms with van der Waals surface area (Å²) in [5, 5.41) is 37.7. The average molecular weight is 608 g/mol. The number of benzene rings is 1. The molecule has 0 spiro atoms. The van der Waals surface area contributed by atoms with E-state index in [9.17, 15) is 34.2 Å². The van der Waals surface area contributed by atoms with Crippen molar-refractivity contribution >= 4 is 41.4 Å². The van der Waals surface area contributed by atoms with E-state index >= 15 is 0 Å². The summed E-state index contributed by atoms with van der Waals surface area (Å²) in [5.41, 5.74) is 7.26. The van der Waals surface area contributed by atoms with Gasteiger partial charge in [0.15, 0.2) is 0 Å². The number of hydrogen-bond donors (Lipinski definition) is 9. The highest BCUT2D eigenvalue weighted by atomic mass is 32.2. The Hall–Kier alpha value is -4.15. The fourth-order valence-electron chi connectivity index (χ4n) is 3.72. The lowest BCUT2D eigenvalue weighted by Crippen LogP contribution is -2.58. The molecule has 0 saturated heterocycles. The second-order valence-corrected chi connectivity index (χ2v) is 10.5. The molecule has 0 radical (unpaired) electrons. The van der Waals surface area contributed by atoms with Gasteiger partial charge in [-0.1, -0.05) is 12.1 Å². The first-order valence-corrected chi connectivity index (χ1v) is 14.4. The summed E-state index contributed by atoms with van der Waals surface area (Å²) in [6.07, 6.45) is 5.06. The number of H-pyrrole nitrogens is 1. The highest BCUT2D eigenvalue weighted by Gasteiger charge is 2.30. The second kappa shape index (κ2) is 17.0. The Bertz CT molecular complexity index is 1200. The minimum atomic E-state index is -1.55. The average Bonchev–Trinajstić information content (AvgIpc) is 3.47. The maximum Gasteiger partial charge on any atom is 0.328 e. The van der Waals surface area contributed by atoms with Gasteiger partial charge >= 0.3 is 5.97 Å². The standard InChI is InChI=1S/C26H37N7O8S/c1-14(22(36)31-19(7-8-42-2)24(38)33-21(12-34)26(40)41)30-25(39)20(9-15-3-5-17(35)6-4-15)32-23(37)18(27)10-16-11-28-13-29-16/h3-6,11,13-14,18-21,34-35H,7-10,12,27H2,1-2H3,(H,28,29)(H,30,39)(H,31,36)(H,32,37)(H,33,38)(H,40,41)/t14-,18-,19-,20-,21-/m0/s1. The van der Waals surface area contributed by atoms with Gasteiger partial charge in [-0.05, 0) is 43.0 Å². The molecule has 4 amide bonds. The van der Waals surface area contributed by atoms with E-state index in [2.05, 4.69) is 31.2 Å². The fourth-order valence-corrected chi connectivity index (χ4v) is 4.19. The SMILES string of the molecule is CSCC[C@H](NC(=O)[C@H](C)NC(=O)[C@H](Cc1ccc(O)cc1)NC(=O)[C@@H](N)Cc1cnc[nH]1)C(=O)N[C@@H](CO)C(=O)O. The number of hydrogen-bond acceptors (Lipinski definition) is 10. The molecule has 42 heavy (non-hydrogen) atoms.